The zero-order valence-corrected chi connectivity index (χ0v) is 21.4. The molecule has 0 spiro atoms. The van der Waals surface area contributed by atoms with E-state index in [9.17, 15) is 4.79 Å². The second kappa shape index (κ2) is 21.1. The van der Waals surface area contributed by atoms with Crippen molar-refractivity contribution in [3.05, 3.63) is 0 Å². The van der Waals surface area contributed by atoms with Gasteiger partial charge in [-0.15, -0.1) is 0 Å². The minimum absolute atomic E-state index is 0.400. The molecule has 1 aliphatic rings. The summed E-state index contributed by atoms with van der Waals surface area (Å²) in [6, 6.07) is 0. The maximum absolute atomic E-state index is 12.7. The molecule has 1 aliphatic heterocycles. The van der Waals surface area contributed by atoms with Crippen molar-refractivity contribution in [1.29, 1.82) is 0 Å². The van der Waals surface area contributed by atoms with Gasteiger partial charge in [0.1, 0.15) is 0 Å². The van der Waals surface area contributed by atoms with E-state index in [1.54, 1.807) is 0 Å². The van der Waals surface area contributed by atoms with Gasteiger partial charge in [0.25, 0.3) is 0 Å². The number of rotatable bonds is 10. The van der Waals surface area contributed by atoms with Crippen LogP contribution in [0.3, 0.4) is 0 Å². The highest BCUT2D eigenvalue weighted by atomic mass is 32.2. The molecule has 0 bridgehead atoms. The SMILES string of the molecule is CCCCCCCCCCCC(=O)N1CCSCCSCCSCCSCC1. The van der Waals surface area contributed by atoms with E-state index in [1.165, 1.54) is 85.9 Å². The van der Waals surface area contributed by atoms with Crippen LogP contribution in [0.25, 0.3) is 0 Å². The summed E-state index contributed by atoms with van der Waals surface area (Å²) in [6.45, 7) is 4.16. The molecule has 1 saturated heterocycles. The fourth-order valence-corrected chi connectivity index (χ4v) is 7.56. The van der Waals surface area contributed by atoms with Gasteiger partial charge < -0.3 is 4.90 Å². The van der Waals surface area contributed by atoms with Crippen LogP contribution < -0.4 is 0 Å². The molecule has 1 fully saturated rings. The molecule has 0 aliphatic carbocycles. The zero-order chi connectivity index (χ0) is 20.1. The van der Waals surface area contributed by atoms with Crippen LogP contribution in [-0.4, -0.2) is 69.9 Å². The average molecular weight is 466 g/mol. The van der Waals surface area contributed by atoms with Gasteiger partial charge in [-0.2, -0.15) is 47.0 Å². The number of amides is 1. The van der Waals surface area contributed by atoms with Crippen LogP contribution in [0.1, 0.15) is 71.1 Å². The maximum atomic E-state index is 12.7. The minimum Gasteiger partial charge on any atom is -0.341 e. The van der Waals surface area contributed by atoms with Crippen LogP contribution in [-0.2, 0) is 4.79 Å². The zero-order valence-electron chi connectivity index (χ0n) is 18.1. The second-order valence-corrected chi connectivity index (χ2v) is 12.3. The lowest BCUT2D eigenvalue weighted by Crippen LogP contribution is -2.35. The Morgan fingerprint density at radius 1 is 0.607 bits per heavy atom. The average Bonchev–Trinajstić information content (AvgIpc) is 2.71. The van der Waals surface area contributed by atoms with Gasteiger partial charge >= 0.3 is 0 Å². The molecule has 0 aromatic rings. The van der Waals surface area contributed by atoms with Gasteiger partial charge in [-0.05, 0) is 6.42 Å². The molecule has 0 radical (unpaired) electrons. The highest BCUT2D eigenvalue weighted by Crippen LogP contribution is 2.15. The van der Waals surface area contributed by atoms with E-state index >= 15 is 0 Å². The second-order valence-electron chi connectivity index (χ2n) is 7.41. The molecule has 0 atom stereocenters. The van der Waals surface area contributed by atoms with Crippen LogP contribution in [0.5, 0.6) is 0 Å². The van der Waals surface area contributed by atoms with E-state index in [0.717, 1.165) is 37.4 Å². The summed E-state index contributed by atoms with van der Waals surface area (Å²) in [4.78, 5) is 14.9. The minimum atomic E-state index is 0.400. The first-order valence-corrected chi connectivity index (χ1v) is 16.0. The Bertz CT molecular complexity index is 341. The lowest BCUT2D eigenvalue weighted by atomic mass is 10.1. The van der Waals surface area contributed by atoms with Crippen molar-refractivity contribution in [2.75, 3.05) is 59.1 Å². The topological polar surface area (TPSA) is 20.3 Å². The quantitative estimate of drug-likeness (QED) is 0.334. The van der Waals surface area contributed by atoms with Crippen molar-refractivity contribution in [1.82, 2.24) is 4.90 Å². The number of thioether (sulfide) groups is 4. The van der Waals surface area contributed by atoms with Crippen molar-refractivity contribution < 1.29 is 4.79 Å². The molecule has 0 saturated carbocycles. The van der Waals surface area contributed by atoms with Crippen molar-refractivity contribution in [2.24, 2.45) is 0 Å². The first kappa shape index (κ1) is 26.9. The highest BCUT2D eigenvalue weighted by molar-refractivity contribution is 8.05. The molecule has 1 heterocycles. The molecule has 1 rings (SSSR count). The molecular weight excluding hydrogens is 423 g/mol. The first-order valence-electron chi connectivity index (χ1n) is 11.4. The van der Waals surface area contributed by atoms with Gasteiger partial charge in [0.05, 0.1) is 0 Å². The van der Waals surface area contributed by atoms with Gasteiger partial charge in [0.2, 0.25) is 5.91 Å². The van der Waals surface area contributed by atoms with E-state index in [1.807, 2.05) is 23.5 Å². The molecule has 0 N–H and O–H groups in total. The number of hydrogen-bond donors (Lipinski definition) is 0. The van der Waals surface area contributed by atoms with Crippen LogP contribution >= 0.6 is 47.0 Å². The molecular formula is C22H43NOS4. The summed E-state index contributed by atoms with van der Waals surface area (Å²) >= 11 is 8.21. The number of carbonyl (C=O) groups excluding carboxylic acids is 1. The summed E-state index contributed by atoms with van der Waals surface area (Å²) in [5.41, 5.74) is 0. The molecule has 0 unspecified atom stereocenters. The van der Waals surface area contributed by atoms with Crippen LogP contribution in [0.2, 0.25) is 0 Å². The fraction of sp³-hybridized carbons (Fsp3) is 0.955. The number of nitrogens with zero attached hydrogens (tertiary/aromatic N) is 1. The smallest absolute Gasteiger partial charge is 0.222 e. The molecule has 28 heavy (non-hydrogen) atoms. The molecule has 0 aromatic heterocycles. The predicted molar refractivity (Wildman–Crippen MR) is 138 cm³/mol. The van der Waals surface area contributed by atoms with E-state index in [4.69, 9.17) is 0 Å². The molecule has 1 amide bonds. The monoisotopic (exact) mass is 465 g/mol. The number of hydrogen-bond acceptors (Lipinski definition) is 5. The van der Waals surface area contributed by atoms with Crippen molar-refractivity contribution in [2.45, 2.75) is 71.1 Å². The maximum Gasteiger partial charge on any atom is 0.222 e. The van der Waals surface area contributed by atoms with Crippen LogP contribution in [0.4, 0.5) is 0 Å². The van der Waals surface area contributed by atoms with Gasteiger partial charge in [0.15, 0.2) is 0 Å². The molecule has 6 heteroatoms. The lowest BCUT2D eigenvalue weighted by molar-refractivity contribution is -0.130. The Balaban J connectivity index is 2.17. The van der Waals surface area contributed by atoms with Crippen molar-refractivity contribution >= 4 is 53.0 Å². The number of unbranched alkanes of at least 4 members (excludes halogenated alkanes) is 8. The van der Waals surface area contributed by atoms with Crippen molar-refractivity contribution in [3.63, 3.8) is 0 Å². The van der Waals surface area contributed by atoms with E-state index in [0.29, 0.717) is 5.91 Å². The number of carbonyl (C=O) groups is 1. The van der Waals surface area contributed by atoms with E-state index in [2.05, 4.69) is 35.3 Å². The normalized spacial score (nSPS) is 18.4. The summed E-state index contributed by atoms with van der Waals surface area (Å²) in [7, 11) is 0. The third-order valence-electron chi connectivity index (χ3n) is 4.97. The third-order valence-corrected chi connectivity index (χ3v) is 9.65. The Morgan fingerprint density at radius 3 is 1.46 bits per heavy atom. The molecule has 166 valence electrons. The summed E-state index contributed by atoms with van der Waals surface area (Å²) in [5.74, 6) is 10.1. The van der Waals surface area contributed by atoms with E-state index < -0.39 is 0 Å². The summed E-state index contributed by atoms with van der Waals surface area (Å²) in [5, 5.41) is 0. The van der Waals surface area contributed by atoms with Crippen LogP contribution in [0.15, 0.2) is 0 Å². The molecule has 2 nitrogen and oxygen atoms in total. The lowest BCUT2D eigenvalue weighted by Gasteiger charge is -2.22. The summed E-state index contributed by atoms with van der Waals surface area (Å²) in [6.07, 6.45) is 12.6. The Kier molecular flexibility index (Phi) is 20.3. The largest absolute Gasteiger partial charge is 0.341 e. The first-order chi connectivity index (χ1) is 13.8. The molecule has 0 aromatic carbocycles. The van der Waals surface area contributed by atoms with Gasteiger partial charge in [-0.1, -0.05) is 58.3 Å². The Morgan fingerprint density at radius 2 is 1.00 bits per heavy atom. The van der Waals surface area contributed by atoms with Gasteiger partial charge in [-0.25, -0.2) is 0 Å². The predicted octanol–water partition coefficient (Wildman–Crippen LogP) is 6.68. The highest BCUT2D eigenvalue weighted by Gasteiger charge is 2.13. The third kappa shape index (κ3) is 16.6. The van der Waals surface area contributed by atoms with Crippen molar-refractivity contribution in [3.8, 4) is 0 Å². The van der Waals surface area contributed by atoms with Gasteiger partial charge in [-0.3, -0.25) is 4.79 Å². The van der Waals surface area contributed by atoms with Gasteiger partial charge in [0, 0.05) is 65.5 Å². The Labute approximate surface area is 192 Å². The standard InChI is InChI=1S/C22H43NOS4/c1-2-3-4-5-6-7-8-9-10-11-22(24)23-12-14-25-16-18-27-20-21-28-19-17-26-15-13-23/h2-21H2,1H3. The fourth-order valence-electron chi connectivity index (χ4n) is 3.22. The van der Waals surface area contributed by atoms with E-state index in [-0.39, 0.29) is 0 Å². The summed E-state index contributed by atoms with van der Waals surface area (Å²) < 4.78 is 0. The van der Waals surface area contributed by atoms with Crippen LogP contribution in [0, 0.1) is 0 Å². The Hall–Kier alpha value is 0.870.